The highest BCUT2D eigenvalue weighted by atomic mass is 35.5. The Labute approximate surface area is 159 Å². The van der Waals surface area contributed by atoms with Crippen LogP contribution in [0.4, 0.5) is 5.69 Å². The molecule has 2 aromatic carbocycles. The normalized spacial score (nSPS) is 18.5. The molecule has 26 heavy (non-hydrogen) atoms. The molecule has 1 aliphatic heterocycles. The second kappa shape index (κ2) is 7.78. The van der Waals surface area contributed by atoms with Gasteiger partial charge >= 0.3 is 0 Å². The minimum Gasteiger partial charge on any atom is -0.326 e. The van der Waals surface area contributed by atoms with E-state index in [-0.39, 0.29) is 23.3 Å². The zero-order valence-corrected chi connectivity index (χ0v) is 16.1. The van der Waals surface area contributed by atoms with Crippen molar-refractivity contribution in [2.45, 2.75) is 24.7 Å². The number of sulfonamides is 1. The Morgan fingerprint density at radius 3 is 2.62 bits per heavy atom. The number of nitrogens with zero attached hydrogens (tertiary/aromatic N) is 1. The summed E-state index contributed by atoms with van der Waals surface area (Å²) in [5, 5.41) is 3.36. The van der Waals surface area contributed by atoms with Crippen molar-refractivity contribution in [3.8, 4) is 0 Å². The second-order valence-electron chi connectivity index (χ2n) is 6.51. The third-order valence-electron chi connectivity index (χ3n) is 4.51. The number of anilines is 1. The van der Waals surface area contributed by atoms with Crippen LogP contribution in [0.2, 0.25) is 5.02 Å². The van der Waals surface area contributed by atoms with E-state index < -0.39 is 10.0 Å². The van der Waals surface area contributed by atoms with E-state index in [0.717, 1.165) is 5.56 Å². The molecule has 1 saturated heterocycles. The zero-order chi connectivity index (χ0) is 18.7. The van der Waals surface area contributed by atoms with E-state index in [0.29, 0.717) is 30.1 Å². The van der Waals surface area contributed by atoms with Gasteiger partial charge in [0.1, 0.15) is 0 Å². The molecule has 138 valence electrons. The average Bonchev–Trinajstić information content (AvgIpc) is 2.62. The Morgan fingerprint density at radius 1 is 1.19 bits per heavy atom. The van der Waals surface area contributed by atoms with Crippen LogP contribution in [-0.2, 0) is 14.8 Å². The summed E-state index contributed by atoms with van der Waals surface area (Å²) in [6.45, 7) is 2.52. The molecular formula is C19H21ClN2O3S. The highest BCUT2D eigenvalue weighted by Gasteiger charge is 2.33. The Hall–Kier alpha value is -1.89. The molecule has 3 rings (SSSR count). The van der Waals surface area contributed by atoms with Crippen molar-refractivity contribution in [3.05, 3.63) is 59.1 Å². The van der Waals surface area contributed by atoms with Crippen molar-refractivity contribution in [3.63, 3.8) is 0 Å². The predicted molar refractivity (Wildman–Crippen MR) is 103 cm³/mol. The number of carbonyl (C=O) groups excluding carboxylic acids is 1. The van der Waals surface area contributed by atoms with Crippen LogP contribution < -0.4 is 5.32 Å². The maximum atomic E-state index is 12.8. The molecule has 1 N–H and O–H groups in total. The summed E-state index contributed by atoms with van der Waals surface area (Å²) in [5.41, 5.74) is 1.61. The lowest BCUT2D eigenvalue weighted by Gasteiger charge is -2.31. The summed E-state index contributed by atoms with van der Waals surface area (Å²) in [7, 11) is -3.59. The van der Waals surface area contributed by atoms with Gasteiger partial charge in [0.2, 0.25) is 15.9 Å². The SMILES string of the molecule is Cc1ccc(S(=O)(=O)N2CCCC(C(=O)Nc3cccc(Cl)c3)C2)cc1. The van der Waals surface area contributed by atoms with Crippen molar-refractivity contribution >= 4 is 33.2 Å². The minimum atomic E-state index is -3.59. The van der Waals surface area contributed by atoms with Crippen molar-refractivity contribution in [1.82, 2.24) is 4.31 Å². The van der Waals surface area contributed by atoms with Gasteiger partial charge in [-0.15, -0.1) is 0 Å². The highest BCUT2D eigenvalue weighted by Crippen LogP contribution is 2.25. The summed E-state index contributed by atoms with van der Waals surface area (Å²) in [6, 6.07) is 13.7. The van der Waals surface area contributed by atoms with E-state index in [2.05, 4.69) is 5.32 Å². The van der Waals surface area contributed by atoms with Crippen LogP contribution in [0.5, 0.6) is 0 Å². The zero-order valence-electron chi connectivity index (χ0n) is 14.5. The number of nitrogens with one attached hydrogen (secondary N) is 1. The van der Waals surface area contributed by atoms with Gasteiger partial charge in [0, 0.05) is 23.8 Å². The summed E-state index contributed by atoms with van der Waals surface area (Å²) in [6.07, 6.45) is 1.31. The molecule has 1 amide bonds. The molecular weight excluding hydrogens is 372 g/mol. The van der Waals surface area contributed by atoms with Crippen LogP contribution in [-0.4, -0.2) is 31.7 Å². The maximum absolute atomic E-state index is 12.8. The molecule has 1 unspecified atom stereocenters. The molecule has 1 heterocycles. The number of benzene rings is 2. The van der Waals surface area contributed by atoms with Gasteiger partial charge in [-0.25, -0.2) is 8.42 Å². The van der Waals surface area contributed by atoms with Crippen LogP contribution >= 0.6 is 11.6 Å². The third-order valence-corrected chi connectivity index (χ3v) is 6.62. The van der Waals surface area contributed by atoms with Gasteiger partial charge in [-0.3, -0.25) is 4.79 Å². The number of rotatable bonds is 4. The van der Waals surface area contributed by atoms with Crippen LogP contribution in [0, 0.1) is 12.8 Å². The first-order valence-corrected chi connectivity index (χ1v) is 10.3. The van der Waals surface area contributed by atoms with Crippen molar-refractivity contribution < 1.29 is 13.2 Å². The lowest BCUT2D eigenvalue weighted by Crippen LogP contribution is -2.43. The fourth-order valence-corrected chi connectivity index (χ4v) is 4.76. The van der Waals surface area contributed by atoms with Gasteiger partial charge in [-0.05, 0) is 50.1 Å². The number of piperidine rings is 1. The van der Waals surface area contributed by atoms with E-state index in [1.54, 1.807) is 48.5 Å². The average molecular weight is 393 g/mol. The quantitative estimate of drug-likeness (QED) is 0.862. The molecule has 7 heteroatoms. The maximum Gasteiger partial charge on any atom is 0.243 e. The first-order valence-electron chi connectivity index (χ1n) is 8.49. The Kier molecular flexibility index (Phi) is 5.65. The number of halogens is 1. The topological polar surface area (TPSA) is 66.5 Å². The van der Waals surface area contributed by atoms with Gasteiger partial charge in [-0.1, -0.05) is 35.4 Å². The molecule has 2 aromatic rings. The van der Waals surface area contributed by atoms with Gasteiger partial charge in [0.15, 0.2) is 0 Å². The van der Waals surface area contributed by atoms with Crippen LogP contribution in [0.1, 0.15) is 18.4 Å². The highest BCUT2D eigenvalue weighted by molar-refractivity contribution is 7.89. The second-order valence-corrected chi connectivity index (χ2v) is 8.89. The predicted octanol–water partition coefficient (Wildman–Crippen LogP) is 3.69. The molecule has 0 radical (unpaired) electrons. The van der Waals surface area contributed by atoms with E-state index >= 15 is 0 Å². The van der Waals surface area contributed by atoms with Crippen molar-refractivity contribution in [2.24, 2.45) is 5.92 Å². The fourth-order valence-electron chi connectivity index (χ4n) is 3.04. The van der Waals surface area contributed by atoms with E-state index in [9.17, 15) is 13.2 Å². The van der Waals surface area contributed by atoms with Gasteiger partial charge in [-0.2, -0.15) is 4.31 Å². The molecule has 1 atom stereocenters. The Morgan fingerprint density at radius 2 is 1.92 bits per heavy atom. The van der Waals surface area contributed by atoms with Crippen molar-refractivity contribution in [2.75, 3.05) is 18.4 Å². The molecule has 0 aromatic heterocycles. The largest absolute Gasteiger partial charge is 0.326 e. The molecule has 0 saturated carbocycles. The van der Waals surface area contributed by atoms with Gasteiger partial charge in [0.25, 0.3) is 0 Å². The lowest BCUT2D eigenvalue weighted by atomic mass is 9.99. The Bertz CT molecular complexity index is 897. The standard InChI is InChI=1S/C19H21ClN2O3S/c1-14-7-9-18(10-8-14)26(24,25)22-11-3-4-15(13-22)19(23)21-17-6-2-5-16(20)12-17/h2,5-10,12,15H,3-4,11,13H2,1H3,(H,21,23). The summed E-state index contributed by atoms with van der Waals surface area (Å²) in [4.78, 5) is 12.8. The van der Waals surface area contributed by atoms with Crippen molar-refractivity contribution in [1.29, 1.82) is 0 Å². The first kappa shape index (κ1) is 18.9. The third kappa shape index (κ3) is 4.26. The number of hydrogen-bond acceptors (Lipinski definition) is 3. The number of amides is 1. The van der Waals surface area contributed by atoms with Gasteiger partial charge in [0.05, 0.1) is 10.8 Å². The molecule has 1 aliphatic rings. The monoisotopic (exact) mass is 392 g/mol. The van der Waals surface area contributed by atoms with Crippen LogP contribution in [0.3, 0.4) is 0 Å². The number of aryl methyl sites for hydroxylation is 1. The molecule has 0 bridgehead atoms. The minimum absolute atomic E-state index is 0.183. The summed E-state index contributed by atoms with van der Waals surface area (Å²) < 4.78 is 27.1. The molecule has 0 aliphatic carbocycles. The summed E-state index contributed by atoms with van der Waals surface area (Å²) in [5.74, 6) is -0.570. The van der Waals surface area contributed by atoms with E-state index in [1.165, 1.54) is 4.31 Å². The molecule has 0 spiro atoms. The van der Waals surface area contributed by atoms with E-state index in [4.69, 9.17) is 11.6 Å². The van der Waals surface area contributed by atoms with Crippen LogP contribution in [0.25, 0.3) is 0 Å². The Balaban J connectivity index is 1.72. The smallest absolute Gasteiger partial charge is 0.243 e. The lowest BCUT2D eigenvalue weighted by molar-refractivity contribution is -0.120. The fraction of sp³-hybridized carbons (Fsp3) is 0.316. The molecule has 5 nitrogen and oxygen atoms in total. The number of hydrogen-bond donors (Lipinski definition) is 1. The number of carbonyl (C=O) groups is 1. The van der Waals surface area contributed by atoms with Gasteiger partial charge < -0.3 is 5.32 Å². The van der Waals surface area contributed by atoms with Crippen LogP contribution in [0.15, 0.2) is 53.4 Å². The summed E-state index contributed by atoms with van der Waals surface area (Å²) >= 11 is 5.94. The first-order chi connectivity index (χ1) is 12.4. The van der Waals surface area contributed by atoms with E-state index in [1.807, 2.05) is 6.92 Å². The molecule has 1 fully saturated rings.